The van der Waals surface area contributed by atoms with Crippen molar-refractivity contribution in [1.82, 2.24) is 10.3 Å². The molecule has 0 radical (unpaired) electrons. The summed E-state index contributed by atoms with van der Waals surface area (Å²) in [5.41, 5.74) is 11.3. The number of hydrogen-bond acceptors (Lipinski definition) is 5. The quantitative estimate of drug-likeness (QED) is 0.775. The van der Waals surface area contributed by atoms with Gasteiger partial charge in [-0.15, -0.1) is 11.3 Å². The van der Waals surface area contributed by atoms with E-state index in [1.54, 1.807) is 5.38 Å². The van der Waals surface area contributed by atoms with Crippen molar-refractivity contribution in [2.75, 3.05) is 5.73 Å². The summed E-state index contributed by atoms with van der Waals surface area (Å²) < 4.78 is 0. The molecule has 4 fully saturated rings. The molecule has 0 saturated heterocycles. The number of anilines is 1. The van der Waals surface area contributed by atoms with Crippen LogP contribution in [0.4, 0.5) is 5.13 Å². The highest BCUT2D eigenvalue weighted by atomic mass is 32.1. The van der Waals surface area contributed by atoms with E-state index >= 15 is 0 Å². The summed E-state index contributed by atoms with van der Waals surface area (Å²) in [6.07, 6.45) is 4.77. The van der Waals surface area contributed by atoms with Crippen molar-refractivity contribution < 1.29 is 9.59 Å². The molecule has 1 aromatic heterocycles. The lowest BCUT2D eigenvalue weighted by Crippen LogP contribution is -2.62. The number of primary amides is 1. The van der Waals surface area contributed by atoms with Crippen LogP contribution in [0.1, 0.15) is 42.6 Å². The molecule has 22 heavy (non-hydrogen) atoms. The maximum absolute atomic E-state index is 12.3. The van der Waals surface area contributed by atoms with Crippen molar-refractivity contribution in [3.63, 3.8) is 0 Å². The van der Waals surface area contributed by atoms with Crippen LogP contribution in [0.25, 0.3) is 0 Å². The van der Waals surface area contributed by atoms with Gasteiger partial charge in [0.15, 0.2) is 5.13 Å². The van der Waals surface area contributed by atoms with Crippen molar-refractivity contribution in [2.24, 2.45) is 28.9 Å². The molecule has 0 aliphatic heterocycles. The minimum absolute atomic E-state index is 0.138. The zero-order chi connectivity index (χ0) is 15.5. The second kappa shape index (κ2) is 4.68. The zero-order valence-corrected chi connectivity index (χ0v) is 13.1. The first kappa shape index (κ1) is 14.0. The molecule has 2 amide bonds. The summed E-state index contributed by atoms with van der Waals surface area (Å²) in [6, 6.07) is 0.138. The number of nitrogen functional groups attached to an aromatic ring is 1. The van der Waals surface area contributed by atoms with Gasteiger partial charge in [0.25, 0.3) is 5.91 Å². The maximum atomic E-state index is 12.3. The molecule has 1 heterocycles. The van der Waals surface area contributed by atoms with Gasteiger partial charge in [0.1, 0.15) is 5.69 Å². The molecule has 5 N–H and O–H groups in total. The summed E-state index contributed by atoms with van der Waals surface area (Å²) in [6.45, 7) is 0. The number of nitrogens with two attached hydrogens (primary N) is 2. The predicted molar refractivity (Wildman–Crippen MR) is 83.0 cm³/mol. The SMILES string of the molecule is NC(=O)C12CC3CC(C1)C(NC(=O)c1csc(N)n1)C(C3)C2. The van der Waals surface area contributed by atoms with E-state index in [0.717, 1.165) is 32.1 Å². The Balaban J connectivity index is 1.53. The standard InChI is InChI=1S/C15H20N4O2S/c16-13(21)15-3-7-1-8(4-15)11(9(2-7)5-15)19-12(20)10-6-22-14(17)18-10/h6-9,11H,1-5H2,(H2,16,21)(H2,17,18)(H,19,20). The van der Waals surface area contributed by atoms with Crippen LogP contribution in [0.15, 0.2) is 5.38 Å². The van der Waals surface area contributed by atoms with Crippen molar-refractivity contribution in [2.45, 2.75) is 38.1 Å². The Morgan fingerprint density at radius 1 is 1.27 bits per heavy atom. The van der Waals surface area contributed by atoms with Crippen LogP contribution < -0.4 is 16.8 Å². The molecule has 4 aliphatic rings. The Morgan fingerprint density at radius 2 is 1.95 bits per heavy atom. The highest BCUT2D eigenvalue weighted by Crippen LogP contribution is 2.59. The Hall–Kier alpha value is -1.63. The molecule has 2 unspecified atom stereocenters. The predicted octanol–water partition coefficient (Wildman–Crippen LogP) is 1.14. The van der Waals surface area contributed by atoms with Crippen LogP contribution in [0.3, 0.4) is 0 Å². The Kier molecular flexibility index (Phi) is 2.98. The van der Waals surface area contributed by atoms with Gasteiger partial charge in [-0.25, -0.2) is 4.98 Å². The van der Waals surface area contributed by atoms with Gasteiger partial charge in [-0.3, -0.25) is 9.59 Å². The lowest BCUT2D eigenvalue weighted by molar-refractivity contribution is -0.145. The number of hydrogen-bond donors (Lipinski definition) is 3. The van der Waals surface area contributed by atoms with Gasteiger partial charge in [0, 0.05) is 16.8 Å². The van der Waals surface area contributed by atoms with Crippen molar-refractivity contribution >= 4 is 28.3 Å². The molecule has 2 atom stereocenters. The summed E-state index contributed by atoms with van der Waals surface area (Å²) in [7, 11) is 0. The second-order valence-electron chi connectivity index (χ2n) is 7.18. The largest absolute Gasteiger partial charge is 0.375 e. The number of amides is 2. The number of nitrogens with zero attached hydrogens (tertiary/aromatic N) is 1. The topological polar surface area (TPSA) is 111 Å². The van der Waals surface area contributed by atoms with Gasteiger partial charge in [-0.05, 0) is 49.9 Å². The smallest absolute Gasteiger partial charge is 0.271 e. The van der Waals surface area contributed by atoms with Gasteiger partial charge in [0.05, 0.1) is 0 Å². The van der Waals surface area contributed by atoms with Crippen LogP contribution in [-0.2, 0) is 4.79 Å². The Morgan fingerprint density at radius 3 is 2.50 bits per heavy atom. The molecular weight excluding hydrogens is 300 g/mol. The molecule has 4 bridgehead atoms. The lowest BCUT2D eigenvalue weighted by atomic mass is 9.47. The second-order valence-corrected chi connectivity index (χ2v) is 8.07. The van der Waals surface area contributed by atoms with Crippen LogP contribution in [0, 0.1) is 23.2 Å². The van der Waals surface area contributed by atoms with E-state index in [1.165, 1.54) is 11.3 Å². The first-order valence-corrected chi connectivity index (χ1v) is 8.66. The fourth-order valence-electron chi connectivity index (χ4n) is 5.18. The minimum atomic E-state index is -0.317. The fourth-order valence-corrected chi connectivity index (χ4v) is 5.72. The Bertz CT molecular complexity index is 627. The third-order valence-electron chi connectivity index (χ3n) is 5.85. The molecule has 0 spiro atoms. The average Bonchev–Trinajstić information content (AvgIpc) is 2.88. The average molecular weight is 320 g/mol. The van der Waals surface area contributed by atoms with Crippen LogP contribution in [-0.4, -0.2) is 22.8 Å². The highest BCUT2D eigenvalue weighted by molar-refractivity contribution is 7.13. The molecular formula is C15H20N4O2S. The van der Waals surface area contributed by atoms with E-state index < -0.39 is 0 Å². The monoisotopic (exact) mass is 320 g/mol. The van der Waals surface area contributed by atoms with Crippen LogP contribution in [0.5, 0.6) is 0 Å². The zero-order valence-electron chi connectivity index (χ0n) is 12.2. The maximum Gasteiger partial charge on any atom is 0.271 e. The van der Waals surface area contributed by atoms with E-state index in [1.807, 2.05) is 0 Å². The number of carbonyl (C=O) groups excluding carboxylic acids is 2. The van der Waals surface area contributed by atoms with E-state index in [9.17, 15) is 9.59 Å². The van der Waals surface area contributed by atoms with E-state index in [2.05, 4.69) is 10.3 Å². The molecule has 4 saturated carbocycles. The van der Waals surface area contributed by atoms with Gasteiger partial charge >= 0.3 is 0 Å². The molecule has 6 nitrogen and oxygen atoms in total. The third-order valence-corrected chi connectivity index (χ3v) is 6.52. The number of carbonyl (C=O) groups is 2. The van der Waals surface area contributed by atoms with E-state index in [-0.39, 0.29) is 23.3 Å². The van der Waals surface area contributed by atoms with Crippen LogP contribution >= 0.6 is 11.3 Å². The van der Waals surface area contributed by atoms with Crippen molar-refractivity contribution in [3.8, 4) is 0 Å². The van der Waals surface area contributed by atoms with Gasteiger partial charge < -0.3 is 16.8 Å². The first-order chi connectivity index (χ1) is 10.5. The number of aromatic nitrogens is 1. The van der Waals surface area contributed by atoms with Gasteiger partial charge in [0.2, 0.25) is 5.91 Å². The summed E-state index contributed by atoms with van der Waals surface area (Å²) in [4.78, 5) is 28.3. The number of thiazole rings is 1. The molecule has 1 aromatic rings. The summed E-state index contributed by atoms with van der Waals surface area (Å²) in [5.74, 6) is 1.01. The first-order valence-electron chi connectivity index (χ1n) is 7.79. The lowest BCUT2D eigenvalue weighted by Gasteiger charge is -2.58. The Labute approximate surface area is 132 Å². The van der Waals surface area contributed by atoms with E-state index in [4.69, 9.17) is 11.5 Å². The van der Waals surface area contributed by atoms with Crippen molar-refractivity contribution in [3.05, 3.63) is 11.1 Å². The molecule has 118 valence electrons. The minimum Gasteiger partial charge on any atom is -0.375 e. The van der Waals surface area contributed by atoms with Gasteiger partial charge in [-0.2, -0.15) is 0 Å². The van der Waals surface area contributed by atoms with Crippen molar-refractivity contribution in [1.29, 1.82) is 0 Å². The third kappa shape index (κ3) is 2.02. The molecule has 0 aromatic carbocycles. The highest BCUT2D eigenvalue weighted by Gasteiger charge is 2.58. The van der Waals surface area contributed by atoms with Gasteiger partial charge in [-0.1, -0.05) is 0 Å². The normalized spacial score (nSPS) is 38.9. The van der Waals surface area contributed by atoms with E-state index in [0.29, 0.717) is 28.6 Å². The molecule has 5 rings (SSSR count). The van der Waals surface area contributed by atoms with Crippen LogP contribution in [0.2, 0.25) is 0 Å². The number of rotatable bonds is 3. The fraction of sp³-hybridized carbons (Fsp3) is 0.667. The summed E-state index contributed by atoms with van der Waals surface area (Å²) in [5, 5.41) is 5.24. The molecule has 4 aliphatic carbocycles. The summed E-state index contributed by atoms with van der Waals surface area (Å²) >= 11 is 1.27. The number of nitrogens with one attached hydrogen (secondary N) is 1. The molecule has 7 heteroatoms.